The van der Waals surface area contributed by atoms with Crippen molar-refractivity contribution in [1.29, 1.82) is 0 Å². The SMILES string of the molecule is C[C@H]1C[C@@H](Nc2c(B3OC(C)(C)C(C)(C)O3)cnc3c2ccn3COCC[Si](C)(C)C)CN(C(=O)OC(C)(C)C)C1. The van der Waals surface area contributed by atoms with Crippen molar-refractivity contribution < 1.29 is 23.6 Å². The predicted octanol–water partition coefficient (Wildman–Crippen LogP) is 5.71. The molecule has 1 N–H and O–H groups in total. The Kier molecular flexibility index (Phi) is 8.97. The first-order valence-electron chi connectivity index (χ1n) is 15.0. The Hall–Kier alpha value is -2.08. The molecule has 11 heteroatoms. The third-order valence-corrected chi connectivity index (χ3v) is 9.92. The van der Waals surface area contributed by atoms with Gasteiger partial charge in [-0.2, -0.15) is 0 Å². The van der Waals surface area contributed by atoms with Crippen molar-refractivity contribution in [3.63, 3.8) is 0 Å². The molecule has 0 bridgehead atoms. The largest absolute Gasteiger partial charge is 0.498 e. The summed E-state index contributed by atoms with van der Waals surface area (Å²) in [6.45, 7) is 25.6. The molecule has 2 atom stereocenters. The van der Waals surface area contributed by atoms with E-state index in [0.29, 0.717) is 25.7 Å². The molecule has 2 saturated heterocycles. The van der Waals surface area contributed by atoms with Gasteiger partial charge in [0.25, 0.3) is 0 Å². The van der Waals surface area contributed by atoms with Crippen molar-refractivity contribution in [1.82, 2.24) is 14.5 Å². The average Bonchev–Trinajstić information content (AvgIpc) is 3.31. The molecule has 0 saturated carbocycles. The normalized spacial score (nSPS) is 22.8. The first kappa shape index (κ1) is 31.8. The van der Waals surface area contributed by atoms with Gasteiger partial charge in [-0.15, -0.1) is 0 Å². The molecule has 41 heavy (non-hydrogen) atoms. The number of anilines is 1. The summed E-state index contributed by atoms with van der Waals surface area (Å²) in [5.41, 5.74) is 1.13. The molecule has 2 aromatic rings. The van der Waals surface area contributed by atoms with Crippen LogP contribution in [0.25, 0.3) is 11.0 Å². The quantitative estimate of drug-likeness (QED) is 0.314. The van der Waals surface area contributed by atoms with Crippen molar-refractivity contribution in [3.05, 3.63) is 18.5 Å². The van der Waals surface area contributed by atoms with Crippen molar-refractivity contribution >= 4 is 43.5 Å². The van der Waals surface area contributed by atoms with Crippen LogP contribution in [-0.4, -0.2) is 78.3 Å². The fourth-order valence-electron chi connectivity index (χ4n) is 5.24. The maximum atomic E-state index is 13.0. The van der Waals surface area contributed by atoms with E-state index in [1.807, 2.05) is 38.1 Å². The van der Waals surface area contributed by atoms with Gasteiger partial charge >= 0.3 is 13.2 Å². The fraction of sp³-hybridized carbons (Fsp3) is 0.733. The molecule has 0 aliphatic carbocycles. The third kappa shape index (κ3) is 7.66. The van der Waals surface area contributed by atoms with E-state index < -0.39 is 32.0 Å². The Balaban J connectivity index is 1.64. The van der Waals surface area contributed by atoms with Crippen molar-refractivity contribution in [2.24, 2.45) is 5.92 Å². The first-order chi connectivity index (χ1) is 18.9. The molecule has 4 heterocycles. The highest BCUT2D eigenvalue weighted by Crippen LogP contribution is 2.38. The lowest BCUT2D eigenvalue weighted by atomic mass is 9.78. The molecule has 2 aromatic heterocycles. The average molecular weight is 587 g/mol. The molecule has 0 unspecified atom stereocenters. The third-order valence-electron chi connectivity index (χ3n) is 8.21. The number of aromatic nitrogens is 2. The van der Waals surface area contributed by atoms with E-state index >= 15 is 0 Å². The summed E-state index contributed by atoms with van der Waals surface area (Å²) in [5, 5.41) is 4.78. The number of ether oxygens (including phenoxy) is 2. The second-order valence-electron chi connectivity index (χ2n) is 15.1. The second kappa shape index (κ2) is 11.5. The van der Waals surface area contributed by atoms with E-state index in [9.17, 15) is 4.79 Å². The smallest absolute Gasteiger partial charge is 0.444 e. The molecule has 2 aliphatic heterocycles. The Bertz CT molecular complexity index is 1220. The molecule has 2 aliphatic rings. The standard InChI is InChI=1S/C30H51BN4O5Si/c1-21-16-22(19-35(18-21)27(36)38-28(2,3)4)33-25-23-12-13-34(20-37-14-15-41(9,10)11)26(23)32-17-24(25)31-39-29(5,6)30(7,8)40-31/h12-13,17,21-22H,14-16,18-20H2,1-11H3,(H,32,33)/t21-,22+/m0/s1. The fourth-order valence-corrected chi connectivity index (χ4v) is 6.00. The molecule has 2 fully saturated rings. The number of rotatable bonds is 8. The van der Waals surface area contributed by atoms with Crippen LogP contribution in [-0.2, 0) is 25.5 Å². The van der Waals surface area contributed by atoms with Crippen LogP contribution in [0, 0.1) is 5.92 Å². The minimum absolute atomic E-state index is 0.0226. The van der Waals surface area contributed by atoms with Gasteiger partial charge in [-0.3, -0.25) is 0 Å². The van der Waals surface area contributed by atoms with Crippen LogP contribution < -0.4 is 10.8 Å². The van der Waals surface area contributed by atoms with Gasteiger partial charge in [0, 0.05) is 62.7 Å². The number of hydrogen-bond donors (Lipinski definition) is 1. The zero-order valence-corrected chi connectivity index (χ0v) is 28.1. The van der Waals surface area contributed by atoms with Gasteiger partial charge < -0.3 is 33.6 Å². The van der Waals surface area contributed by atoms with Crippen LogP contribution in [0.3, 0.4) is 0 Å². The number of carbonyl (C=O) groups excluding carboxylic acids is 1. The number of carbonyl (C=O) groups is 1. The second-order valence-corrected chi connectivity index (χ2v) is 20.7. The Morgan fingerprint density at radius 1 is 1.17 bits per heavy atom. The minimum atomic E-state index is -1.17. The lowest BCUT2D eigenvalue weighted by Gasteiger charge is -2.38. The number of fused-ring (bicyclic) bond motifs is 1. The molecule has 0 spiro atoms. The molecule has 0 radical (unpaired) electrons. The monoisotopic (exact) mass is 586 g/mol. The van der Waals surface area contributed by atoms with Gasteiger partial charge in [-0.1, -0.05) is 26.6 Å². The molecular weight excluding hydrogens is 535 g/mol. The van der Waals surface area contributed by atoms with Crippen LogP contribution in [0.4, 0.5) is 10.5 Å². The van der Waals surface area contributed by atoms with Gasteiger partial charge in [0.05, 0.1) is 11.2 Å². The summed E-state index contributed by atoms with van der Waals surface area (Å²) in [6, 6.07) is 3.22. The molecule has 1 amide bonds. The van der Waals surface area contributed by atoms with Crippen molar-refractivity contribution in [3.8, 4) is 0 Å². The topological polar surface area (TPSA) is 87.1 Å². The van der Waals surface area contributed by atoms with Crippen molar-refractivity contribution in [2.75, 3.05) is 25.0 Å². The molecular formula is C30H51BN4O5Si. The maximum absolute atomic E-state index is 13.0. The van der Waals surface area contributed by atoms with E-state index in [0.717, 1.165) is 41.3 Å². The highest BCUT2D eigenvalue weighted by atomic mass is 28.3. The van der Waals surface area contributed by atoms with E-state index in [1.54, 1.807) is 0 Å². The number of nitrogens with one attached hydrogen (secondary N) is 1. The summed E-state index contributed by atoms with van der Waals surface area (Å²) in [6.07, 6.45) is 4.54. The molecule has 0 aromatic carbocycles. The summed E-state index contributed by atoms with van der Waals surface area (Å²) >= 11 is 0. The lowest BCUT2D eigenvalue weighted by Crippen LogP contribution is -2.50. The van der Waals surface area contributed by atoms with Crippen molar-refractivity contribution in [2.45, 2.75) is 117 Å². The van der Waals surface area contributed by atoms with Crippen LogP contribution in [0.15, 0.2) is 18.5 Å². The van der Waals surface area contributed by atoms with Gasteiger partial charge in [-0.05, 0) is 72.9 Å². The molecule has 9 nitrogen and oxygen atoms in total. The summed E-state index contributed by atoms with van der Waals surface area (Å²) in [4.78, 5) is 19.7. The summed E-state index contributed by atoms with van der Waals surface area (Å²) in [7, 11) is -1.74. The van der Waals surface area contributed by atoms with Gasteiger partial charge in [-0.25, -0.2) is 9.78 Å². The number of amides is 1. The number of hydrogen-bond acceptors (Lipinski definition) is 7. The predicted molar refractivity (Wildman–Crippen MR) is 169 cm³/mol. The number of likely N-dealkylation sites (tertiary alicyclic amines) is 1. The Morgan fingerprint density at radius 2 is 1.83 bits per heavy atom. The van der Waals surface area contributed by atoms with E-state index in [2.05, 4.69) is 70.2 Å². The van der Waals surface area contributed by atoms with Crippen LogP contribution in [0.2, 0.25) is 25.7 Å². The minimum Gasteiger partial charge on any atom is -0.444 e. The van der Waals surface area contributed by atoms with Gasteiger partial charge in [0.15, 0.2) is 0 Å². The zero-order chi connectivity index (χ0) is 30.4. The molecule has 4 rings (SSSR count). The van der Waals surface area contributed by atoms with E-state index in [1.165, 1.54) is 0 Å². The maximum Gasteiger partial charge on any atom is 0.498 e. The summed E-state index contributed by atoms with van der Waals surface area (Å²) < 4.78 is 26.8. The van der Waals surface area contributed by atoms with Crippen LogP contribution >= 0.6 is 0 Å². The summed E-state index contributed by atoms with van der Waals surface area (Å²) in [5.74, 6) is 0.316. The number of pyridine rings is 1. The zero-order valence-electron chi connectivity index (χ0n) is 27.1. The first-order valence-corrected chi connectivity index (χ1v) is 18.7. The highest BCUT2D eigenvalue weighted by Gasteiger charge is 2.52. The highest BCUT2D eigenvalue weighted by molar-refractivity contribution is 6.76. The number of piperidine rings is 1. The van der Waals surface area contributed by atoms with Crippen LogP contribution in [0.1, 0.15) is 61.8 Å². The van der Waals surface area contributed by atoms with E-state index in [-0.39, 0.29) is 12.1 Å². The Labute approximate surface area is 247 Å². The Morgan fingerprint density at radius 3 is 2.44 bits per heavy atom. The number of nitrogens with zero attached hydrogens (tertiary/aromatic N) is 3. The van der Waals surface area contributed by atoms with E-state index in [4.69, 9.17) is 23.8 Å². The van der Waals surface area contributed by atoms with Crippen LogP contribution in [0.5, 0.6) is 0 Å². The lowest BCUT2D eigenvalue weighted by molar-refractivity contribution is 0.00578. The van der Waals surface area contributed by atoms with Gasteiger partial charge in [0.2, 0.25) is 0 Å². The molecule has 228 valence electrons. The van der Waals surface area contributed by atoms with Gasteiger partial charge in [0.1, 0.15) is 18.0 Å².